The third-order valence-corrected chi connectivity index (χ3v) is 3.31. The summed E-state index contributed by atoms with van der Waals surface area (Å²) in [6.07, 6.45) is 1.91. The van der Waals surface area contributed by atoms with Gasteiger partial charge in [0.15, 0.2) is 6.29 Å². The zero-order chi connectivity index (χ0) is 15.0. The molecule has 1 atom stereocenters. The molecule has 0 aliphatic heterocycles. The highest BCUT2D eigenvalue weighted by molar-refractivity contribution is 5.27. The van der Waals surface area contributed by atoms with E-state index in [1.807, 2.05) is 0 Å². The van der Waals surface area contributed by atoms with E-state index in [-0.39, 0.29) is 12.3 Å². The SMILES string of the molecule is CCCNC(c1cccc(CC(C)C)c1)C(OC)OC. The van der Waals surface area contributed by atoms with E-state index in [1.165, 1.54) is 11.1 Å². The van der Waals surface area contributed by atoms with Gasteiger partial charge < -0.3 is 14.8 Å². The van der Waals surface area contributed by atoms with Gasteiger partial charge in [-0.3, -0.25) is 0 Å². The fourth-order valence-corrected chi connectivity index (χ4v) is 2.42. The first-order valence-corrected chi connectivity index (χ1v) is 7.50. The second-order valence-electron chi connectivity index (χ2n) is 5.61. The largest absolute Gasteiger partial charge is 0.354 e. The van der Waals surface area contributed by atoms with Crippen molar-refractivity contribution in [1.82, 2.24) is 5.32 Å². The molecule has 114 valence electrons. The zero-order valence-corrected chi connectivity index (χ0v) is 13.5. The number of benzene rings is 1. The molecule has 1 aromatic carbocycles. The Morgan fingerprint density at radius 3 is 2.40 bits per heavy atom. The van der Waals surface area contributed by atoms with Crippen LogP contribution in [0, 0.1) is 5.92 Å². The third-order valence-electron chi connectivity index (χ3n) is 3.31. The second-order valence-corrected chi connectivity index (χ2v) is 5.61. The first-order chi connectivity index (χ1) is 9.62. The molecule has 0 amide bonds. The lowest BCUT2D eigenvalue weighted by Gasteiger charge is -2.26. The summed E-state index contributed by atoms with van der Waals surface area (Å²) in [4.78, 5) is 0. The van der Waals surface area contributed by atoms with E-state index < -0.39 is 0 Å². The van der Waals surface area contributed by atoms with Gasteiger partial charge in [0.05, 0.1) is 6.04 Å². The number of hydrogen-bond acceptors (Lipinski definition) is 3. The molecular weight excluding hydrogens is 250 g/mol. The molecule has 1 aromatic rings. The first kappa shape index (κ1) is 17.2. The summed E-state index contributed by atoms with van der Waals surface area (Å²) >= 11 is 0. The van der Waals surface area contributed by atoms with Crippen molar-refractivity contribution in [2.24, 2.45) is 5.92 Å². The van der Waals surface area contributed by atoms with Crippen molar-refractivity contribution < 1.29 is 9.47 Å². The van der Waals surface area contributed by atoms with E-state index in [2.05, 4.69) is 50.4 Å². The van der Waals surface area contributed by atoms with Crippen LogP contribution in [0.5, 0.6) is 0 Å². The van der Waals surface area contributed by atoms with Crippen LogP contribution in [-0.4, -0.2) is 27.1 Å². The minimum atomic E-state index is -0.268. The van der Waals surface area contributed by atoms with Gasteiger partial charge in [-0.25, -0.2) is 0 Å². The highest BCUT2D eigenvalue weighted by atomic mass is 16.7. The van der Waals surface area contributed by atoms with Crippen LogP contribution in [0.15, 0.2) is 24.3 Å². The van der Waals surface area contributed by atoms with Crippen molar-refractivity contribution in [3.8, 4) is 0 Å². The molecule has 1 rings (SSSR count). The molecule has 3 heteroatoms. The summed E-state index contributed by atoms with van der Waals surface area (Å²) in [6.45, 7) is 7.59. The van der Waals surface area contributed by atoms with Crippen LogP contribution in [0.1, 0.15) is 44.4 Å². The van der Waals surface area contributed by atoms with Crippen molar-refractivity contribution in [2.75, 3.05) is 20.8 Å². The molecule has 0 heterocycles. The molecule has 0 saturated heterocycles. The van der Waals surface area contributed by atoms with Gasteiger partial charge in [0.2, 0.25) is 0 Å². The lowest BCUT2D eigenvalue weighted by atomic mass is 9.98. The fraction of sp³-hybridized carbons (Fsp3) is 0.647. The van der Waals surface area contributed by atoms with Crippen LogP contribution in [0.25, 0.3) is 0 Å². The number of methoxy groups -OCH3 is 2. The summed E-state index contributed by atoms with van der Waals surface area (Å²) < 4.78 is 10.9. The number of rotatable bonds is 9. The molecule has 20 heavy (non-hydrogen) atoms. The highest BCUT2D eigenvalue weighted by Gasteiger charge is 2.22. The highest BCUT2D eigenvalue weighted by Crippen LogP contribution is 2.22. The maximum absolute atomic E-state index is 5.45. The predicted molar refractivity (Wildman–Crippen MR) is 83.8 cm³/mol. The van der Waals surface area contributed by atoms with Crippen molar-refractivity contribution in [3.63, 3.8) is 0 Å². The zero-order valence-electron chi connectivity index (χ0n) is 13.5. The van der Waals surface area contributed by atoms with Gasteiger partial charge in [-0.05, 0) is 36.4 Å². The minimum Gasteiger partial charge on any atom is -0.354 e. The molecule has 0 aliphatic rings. The van der Waals surface area contributed by atoms with Crippen molar-refractivity contribution in [1.29, 1.82) is 0 Å². The quantitative estimate of drug-likeness (QED) is 0.701. The minimum absolute atomic E-state index is 0.0667. The maximum atomic E-state index is 5.45. The van der Waals surface area contributed by atoms with Gasteiger partial charge in [0, 0.05) is 14.2 Å². The molecule has 0 bridgehead atoms. The average molecular weight is 279 g/mol. The normalized spacial score (nSPS) is 13.2. The van der Waals surface area contributed by atoms with Gasteiger partial charge in [0.25, 0.3) is 0 Å². The summed E-state index contributed by atoms with van der Waals surface area (Å²) in [5.74, 6) is 0.660. The van der Waals surface area contributed by atoms with Crippen LogP contribution in [-0.2, 0) is 15.9 Å². The maximum Gasteiger partial charge on any atom is 0.176 e. The van der Waals surface area contributed by atoms with Gasteiger partial charge in [-0.2, -0.15) is 0 Å². The van der Waals surface area contributed by atoms with Crippen molar-refractivity contribution >= 4 is 0 Å². The van der Waals surface area contributed by atoms with E-state index in [0.717, 1.165) is 19.4 Å². The van der Waals surface area contributed by atoms with Gasteiger partial charge in [-0.1, -0.05) is 45.0 Å². The van der Waals surface area contributed by atoms with Crippen LogP contribution in [0.3, 0.4) is 0 Å². The van der Waals surface area contributed by atoms with Gasteiger partial charge in [-0.15, -0.1) is 0 Å². The van der Waals surface area contributed by atoms with E-state index in [9.17, 15) is 0 Å². The summed E-state index contributed by atoms with van der Waals surface area (Å²) in [7, 11) is 3.37. The Bertz CT molecular complexity index is 375. The Morgan fingerprint density at radius 2 is 1.85 bits per heavy atom. The number of ether oxygens (including phenoxy) is 2. The van der Waals surface area contributed by atoms with Crippen LogP contribution < -0.4 is 5.32 Å². The summed E-state index contributed by atoms with van der Waals surface area (Å²) in [6, 6.07) is 8.78. The molecule has 0 aliphatic carbocycles. The van der Waals surface area contributed by atoms with Gasteiger partial charge in [0.1, 0.15) is 0 Å². The smallest absolute Gasteiger partial charge is 0.176 e. The first-order valence-electron chi connectivity index (χ1n) is 7.50. The molecule has 1 N–H and O–H groups in total. The summed E-state index contributed by atoms with van der Waals surface area (Å²) in [5.41, 5.74) is 2.59. The number of nitrogens with one attached hydrogen (secondary N) is 1. The van der Waals surface area contributed by atoms with Crippen LogP contribution in [0.4, 0.5) is 0 Å². The van der Waals surface area contributed by atoms with Crippen molar-refractivity contribution in [3.05, 3.63) is 35.4 Å². The van der Waals surface area contributed by atoms with Crippen LogP contribution in [0.2, 0.25) is 0 Å². The standard InChI is InChI=1S/C17H29NO2/c1-6-10-18-16(17(19-4)20-5)15-9-7-8-14(12-15)11-13(2)3/h7-9,12-13,16-18H,6,10-11H2,1-5H3. The molecule has 0 aromatic heterocycles. The Morgan fingerprint density at radius 1 is 1.15 bits per heavy atom. The van der Waals surface area contributed by atoms with E-state index >= 15 is 0 Å². The number of hydrogen-bond donors (Lipinski definition) is 1. The molecule has 1 unspecified atom stereocenters. The summed E-state index contributed by atoms with van der Waals surface area (Å²) in [5, 5.41) is 3.52. The third kappa shape index (κ3) is 5.23. The van der Waals surface area contributed by atoms with Crippen LogP contribution >= 0.6 is 0 Å². The molecule has 0 fully saturated rings. The molecule has 3 nitrogen and oxygen atoms in total. The lowest BCUT2D eigenvalue weighted by Crippen LogP contribution is -2.35. The topological polar surface area (TPSA) is 30.5 Å². The van der Waals surface area contributed by atoms with E-state index in [1.54, 1.807) is 14.2 Å². The van der Waals surface area contributed by atoms with E-state index in [0.29, 0.717) is 5.92 Å². The predicted octanol–water partition coefficient (Wildman–Crippen LogP) is 3.54. The molecule has 0 spiro atoms. The second kappa shape index (κ2) is 9.11. The van der Waals surface area contributed by atoms with E-state index in [4.69, 9.17) is 9.47 Å². The Labute approximate surface area is 123 Å². The molecule has 0 radical (unpaired) electrons. The Kier molecular flexibility index (Phi) is 7.82. The molecular formula is C17H29NO2. The fourth-order valence-electron chi connectivity index (χ4n) is 2.42. The average Bonchev–Trinajstić information content (AvgIpc) is 2.43. The Balaban J connectivity index is 2.93. The molecule has 0 saturated carbocycles. The van der Waals surface area contributed by atoms with Crippen molar-refractivity contribution in [2.45, 2.75) is 45.9 Å². The van der Waals surface area contributed by atoms with Gasteiger partial charge >= 0.3 is 0 Å². The lowest BCUT2D eigenvalue weighted by molar-refractivity contribution is -0.124. The monoisotopic (exact) mass is 279 g/mol. The Hall–Kier alpha value is -0.900.